The van der Waals surface area contributed by atoms with Crippen LogP contribution in [-0.4, -0.2) is 10.2 Å². The zero-order valence-electron chi connectivity index (χ0n) is 7.99. The molecule has 14 heavy (non-hydrogen) atoms. The first-order valence-corrected chi connectivity index (χ1v) is 4.53. The molecule has 1 aromatic heterocycles. The number of hydrogen-bond donors (Lipinski definition) is 2. The van der Waals surface area contributed by atoms with Crippen molar-refractivity contribution >= 4 is 10.9 Å². The maximum atomic E-state index is 8.57. The molecule has 72 valence electrons. The summed E-state index contributed by atoms with van der Waals surface area (Å²) in [5, 5.41) is 9.67. The molecule has 2 N–H and O–H groups in total. The van der Waals surface area contributed by atoms with E-state index in [4.69, 9.17) is 5.21 Å². The molecule has 0 spiro atoms. The first-order chi connectivity index (χ1) is 6.79. The van der Waals surface area contributed by atoms with Gasteiger partial charge < -0.3 is 5.21 Å². The number of hydrogen-bond acceptors (Lipinski definition) is 3. The van der Waals surface area contributed by atoms with Gasteiger partial charge in [-0.2, -0.15) is 0 Å². The van der Waals surface area contributed by atoms with Gasteiger partial charge in [-0.3, -0.25) is 4.98 Å². The van der Waals surface area contributed by atoms with Gasteiger partial charge in [0.2, 0.25) is 0 Å². The van der Waals surface area contributed by atoms with Crippen LogP contribution in [0.15, 0.2) is 30.3 Å². The van der Waals surface area contributed by atoms with Crippen LogP contribution in [-0.2, 0) is 6.54 Å². The zero-order valence-corrected chi connectivity index (χ0v) is 7.99. The standard InChI is InChI=1S/C11H12N2O/c1-8-2-4-10-6-9(7-12-14)3-5-11(10)13-8/h2-6,12,14H,7H2,1H3. The number of nitrogens with zero attached hydrogens (tertiary/aromatic N) is 1. The summed E-state index contributed by atoms with van der Waals surface area (Å²) < 4.78 is 0. The normalized spacial score (nSPS) is 10.7. The summed E-state index contributed by atoms with van der Waals surface area (Å²) >= 11 is 0. The van der Waals surface area contributed by atoms with E-state index in [1.165, 1.54) is 0 Å². The lowest BCUT2D eigenvalue weighted by atomic mass is 10.1. The van der Waals surface area contributed by atoms with Crippen molar-refractivity contribution in [1.82, 2.24) is 10.5 Å². The van der Waals surface area contributed by atoms with Gasteiger partial charge >= 0.3 is 0 Å². The Labute approximate surface area is 82.4 Å². The van der Waals surface area contributed by atoms with Crippen molar-refractivity contribution in [3.63, 3.8) is 0 Å². The molecule has 0 saturated heterocycles. The third kappa shape index (κ3) is 1.73. The third-order valence-corrected chi connectivity index (χ3v) is 2.18. The predicted molar refractivity (Wildman–Crippen MR) is 55.1 cm³/mol. The van der Waals surface area contributed by atoms with E-state index in [0.29, 0.717) is 6.54 Å². The van der Waals surface area contributed by atoms with Gasteiger partial charge in [0, 0.05) is 17.6 Å². The Balaban J connectivity index is 2.50. The summed E-state index contributed by atoms with van der Waals surface area (Å²) in [7, 11) is 0. The summed E-state index contributed by atoms with van der Waals surface area (Å²) in [6.07, 6.45) is 0. The van der Waals surface area contributed by atoms with E-state index in [1.807, 2.05) is 37.3 Å². The summed E-state index contributed by atoms with van der Waals surface area (Å²) in [4.78, 5) is 4.39. The topological polar surface area (TPSA) is 45.1 Å². The molecule has 3 heteroatoms. The Bertz CT molecular complexity index is 454. The molecule has 2 rings (SSSR count). The second-order valence-electron chi connectivity index (χ2n) is 3.31. The van der Waals surface area contributed by atoms with Gasteiger partial charge in [-0.15, -0.1) is 0 Å². The van der Waals surface area contributed by atoms with Crippen molar-refractivity contribution in [3.05, 3.63) is 41.6 Å². The Hall–Kier alpha value is -1.45. The predicted octanol–water partition coefficient (Wildman–Crippen LogP) is 2.02. The van der Waals surface area contributed by atoms with Gasteiger partial charge in [-0.05, 0) is 30.7 Å². The number of pyridine rings is 1. The van der Waals surface area contributed by atoms with Crippen LogP contribution in [0.2, 0.25) is 0 Å². The molecule has 1 heterocycles. The third-order valence-electron chi connectivity index (χ3n) is 2.18. The van der Waals surface area contributed by atoms with Crippen molar-refractivity contribution < 1.29 is 5.21 Å². The summed E-state index contributed by atoms with van der Waals surface area (Å²) in [6, 6.07) is 9.97. The first kappa shape index (κ1) is 9.12. The number of rotatable bonds is 2. The smallest absolute Gasteiger partial charge is 0.0705 e. The summed E-state index contributed by atoms with van der Waals surface area (Å²) in [5.74, 6) is 0. The summed E-state index contributed by atoms with van der Waals surface area (Å²) in [6.45, 7) is 2.44. The fourth-order valence-electron chi connectivity index (χ4n) is 1.48. The van der Waals surface area contributed by atoms with Crippen LogP contribution < -0.4 is 5.48 Å². The molecule has 0 fully saturated rings. The quantitative estimate of drug-likeness (QED) is 0.709. The van der Waals surface area contributed by atoms with Crippen molar-refractivity contribution in [2.45, 2.75) is 13.5 Å². The number of aromatic nitrogens is 1. The molecule has 0 bridgehead atoms. The van der Waals surface area contributed by atoms with E-state index in [9.17, 15) is 0 Å². The zero-order chi connectivity index (χ0) is 9.97. The minimum atomic E-state index is 0.462. The minimum Gasteiger partial charge on any atom is -0.316 e. The summed E-state index contributed by atoms with van der Waals surface area (Å²) in [5.41, 5.74) is 5.20. The average Bonchev–Trinajstić information content (AvgIpc) is 2.19. The molecule has 0 atom stereocenters. The van der Waals surface area contributed by atoms with Crippen LogP contribution in [0.5, 0.6) is 0 Å². The van der Waals surface area contributed by atoms with Crippen LogP contribution in [0, 0.1) is 6.92 Å². The Morgan fingerprint density at radius 1 is 1.29 bits per heavy atom. The molecule has 0 unspecified atom stereocenters. The maximum absolute atomic E-state index is 8.57. The first-order valence-electron chi connectivity index (χ1n) is 4.53. The van der Waals surface area contributed by atoms with Crippen LogP contribution >= 0.6 is 0 Å². The highest BCUT2D eigenvalue weighted by Crippen LogP contribution is 2.14. The molecular formula is C11H12N2O. The lowest BCUT2D eigenvalue weighted by Gasteiger charge is -2.02. The van der Waals surface area contributed by atoms with E-state index < -0.39 is 0 Å². The van der Waals surface area contributed by atoms with E-state index in [0.717, 1.165) is 22.2 Å². The monoisotopic (exact) mass is 188 g/mol. The Kier molecular flexibility index (Phi) is 2.43. The van der Waals surface area contributed by atoms with E-state index in [2.05, 4.69) is 10.5 Å². The fraction of sp³-hybridized carbons (Fsp3) is 0.182. The molecule has 2 aromatic rings. The molecule has 0 aliphatic heterocycles. The van der Waals surface area contributed by atoms with Crippen LogP contribution in [0.3, 0.4) is 0 Å². The SMILES string of the molecule is Cc1ccc2cc(CNO)ccc2n1. The van der Waals surface area contributed by atoms with E-state index in [-0.39, 0.29) is 0 Å². The molecule has 3 nitrogen and oxygen atoms in total. The van der Waals surface area contributed by atoms with Gasteiger partial charge in [-0.25, -0.2) is 5.48 Å². The number of hydroxylamine groups is 1. The minimum absolute atomic E-state index is 0.462. The van der Waals surface area contributed by atoms with Gasteiger partial charge in [0.1, 0.15) is 0 Å². The van der Waals surface area contributed by atoms with Gasteiger partial charge in [0.05, 0.1) is 5.52 Å². The highest BCUT2D eigenvalue weighted by molar-refractivity contribution is 5.79. The number of aryl methyl sites for hydroxylation is 1. The lowest BCUT2D eigenvalue weighted by molar-refractivity contribution is 0.161. The largest absolute Gasteiger partial charge is 0.316 e. The number of benzene rings is 1. The van der Waals surface area contributed by atoms with Gasteiger partial charge in [0.25, 0.3) is 0 Å². The molecule has 0 radical (unpaired) electrons. The van der Waals surface area contributed by atoms with Crippen molar-refractivity contribution in [2.24, 2.45) is 0 Å². The maximum Gasteiger partial charge on any atom is 0.0705 e. The van der Waals surface area contributed by atoms with Gasteiger partial charge in [-0.1, -0.05) is 12.1 Å². The van der Waals surface area contributed by atoms with Crippen molar-refractivity contribution in [2.75, 3.05) is 0 Å². The fourth-order valence-corrected chi connectivity index (χ4v) is 1.48. The molecule has 1 aromatic carbocycles. The van der Waals surface area contributed by atoms with Crippen molar-refractivity contribution in [1.29, 1.82) is 0 Å². The average molecular weight is 188 g/mol. The van der Waals surface area contributed by atoms with Crippen LogP contribution in [0.1, 0.15) is 11.3 Å². The number of fused-ring (bicyclic) bond motifs is 1. The highest BCUT2D eigenvalue weighted by atomic mass is 16.5. The molecule has 0 saturated carbocycles. The van der Waals surface area contributed by atoms with E-state index in [1.54, 1.807) is 0 Å². The second kappa shape index (κ2) is 3.74. The lowest BCUT2D eigenvalue weighted by Crippen LogP contribution is -2.05. The molecule has 0 amide bonds. The van der Waals surface area contributed by atoms with Crippen LogP contribution in [0.4, 0.5) is 0 Å². The van der Waals surface area contributed by atoms with Gasteiger partial charge in [0.15, 0.2) is 0 Å². The number of nitrogens with one attached hydrogen (secondary N) is 1. The van der Waals surface area contributed by atoms with Crippen LogP contribution in [0.25, 0.3) is 10.9 Å². The highest BCUT2D eigenvalue weighted by Gasteiger charge is 1.97. The molecular weight excluding hydrogens is 176 g/mol. The molecule has 0 aliphatic rings. The Morgan fingerprint density at radius 3 is 2.93 bits per heavy atom. The second-order valence-corrected chi connectivity index (χ2v) is 3.31. The van der Waals surface area contributed by atoms with E-state index >= 15 is 0 Å². The van der Waals surface area contributed by atoms with Crippen molar-refractivity contribution in [3.8, 4) is 0 Å². The Morgan fingerprint density at radius 2 is 2.14 bits per heavy atom. The molecule has 0 aliphatic carbocycles.